The van der Waals surface area contributed by atoms with Gasteiger partial charge < -0.3 is 10.8 Å². The van der Waals surface area contributed by atoms with E-state index in [1.807, 2.05) is 12.1 Å². The van der Waals surface area contributed by atoms with Crippen LogP contribution in [0.3, 0.4) is 0 Å². The van der Waals surface area contributed by atoms with Gasteiger partial charge in [0.2, 0.25) is 0 Å². The van der Waals surface area contributed by atoms with Crippen molar-refractivity contribution >= 4 is 21.9 Å². The van der Waals surface area contributed by atoms with Gasteiger partial charge in [0.25, 0.3) is 0 Å². The van der Waals surface area contributed by atoms with Crippen molar-refractivity contribution in [2.45, 2.75) is 37.1 Å². The monoisotopic (exact) mass is 297 g/mol. The highest BCUT2D eigenvalue weighted by Gasteiger charge is 2.38. The third kappa shape index (κ3) is 2.69. The van der Waals surface area contributed by atoms with Gasteiger partial charge in [0.15, 0.2) is 0 Å². The average Bonchev–Trinajstić information content (AvgIpc) is 2.30. The highest BCUT2D eigenvalue weighted by Crippen LogP contribution is 2.37. The predicted octanol–water partition coefficient (Wildman–Crippen LogP) is 2.89. The maximum absolute atomic E-state index is 11.0. The summed E-state index contributed by atoms with van der Waals surface area (Å²) in [5.74, 6) is -0.436. The second-order valence-corrected chi connectivity index (χ2v) is 5.71. The van der Waals surface area contributed by atoms with Gasteiger partial charge >= 0.3 is 5.97 Å². The molecule has 1 aliphatic carbocycles. The van der Waals surface area contributed by atoms with Gasteiger partial charge in [0.1, 0.15) is 5.54 Å². The lowest BCUT2D eigenvalue weighted by Crippen LogP contribution is -2.50. The summed E-state index contributed by atoms with van der Waals surface area (Å²) in [7, 11) is 0. The quantitative estimate of drug-likeness (QED) is 0.882. The first-order valence-corrected chi connectivity index (χ1v) is 6.58. The number of nitrogens with two attached hydrogens (primary N) is 1. The molecule has 0 aromatic heterocycles. The molecule has 92 valence electrons. The number of carbonyl (C=O) groups is 1. The normalized spacial score (nSPS) is 28.9. The van der Waals surface area contributed by atoms with Gasteiger partial charge in [-0.3, -0.25) is 4.79 Å². The van der Waals surface area contributed by atoms with Crippen LogP contribution in [-0.2, 0) is 4.79 Å². The summed E-state index contributed by atoms with van der Waals surface area (Å²) >= 11 is 3.46. The summed E-state index contributed by atoms with van der Waals surface area (Å²) in [6.07, 6.45) is 2.80. The van der Waals surface area contributed by atoms with E-state index in [0.29, 0.717) is 18.8 Å². The number of rotatable bonds is 2. The number of aliphatic carboxylic acids is 1. The minimum Gasteiger partial charge on any atom is -0.480 e. The van der Waals surface area contributed by atoms with Crippen LogP contribution in [0.4, 0.5) is 0 Å². The van der Waals surface area contributed by atoms with E-state index in [4.69, 9.17) is 10.8 Å². The van der Waals surface area contributed by atoms with Crippen LogP contribution in [-0.4, -0.2) is 16.6 Å². The van der Waals surface area contributed by atoms with Crippen LogP contribution in [0, 0.1) is 0 Å². The number of hydrogen-bond acceptors (Lipinski definition) is 2. The number of carboxylic acid groups (broad SMARTS) is 1. The van der Waals surface area contributed by atoms with Gasteiger partial charge in [-0.15, -0.1) is 0 Å². The molecule has 1 aromatic carbocycles. The van der Waals surface area contributed by atoms with E-state index in [-0.39, 0.29) is 0 Å². The van der Waals surface area contributed by atoms with Crippen molar-refractivity contribution in [3.8, 4) is 0 Å². The van der Waals surface area contributed by atoms with Crippen LogP contribution in [0.15, 0.2) is 28.7 Å². The van der Waals surface area contributed by atoms with E-state index < -0.39 is 11.5 Å². The molecule has 1 fully saturated rings. The Morgan fingerprint density at radius 1 is 1.41 bits per heavy atom. The lowest BCUT2D eigenvalue weighted by atomic mass is 9.75. The Labute approximate surface area is 109 Å². The zero-order chi connectivity index (χ0) is 12.5. The molecule has 0 heterocycles. The molecule has 4 heteroatoms. The molecule has 1 saturated carbocycles. The van der Waals surface area contributed by atoms with Crippen molar-refractivity contribution in [3.63, 3.8) is 0 Å². The van der Waals surface area contributed by atoms with E-state index in [1.165, 1.54) is 5.56 Å². The Morgan fingerprint density at radius 3 is 2.59 bits per heavy atom. The molecule has 1 aliphatic rings. The largest absolute Gasteiger partial charge is 0.480 e. The molecule has 1 aromatic rings. The molecule has 2 rings (SSSR count). The van der Waals surface area contributed by atoms with Crippen LogP contribution in [0.2, 0.25) is 0 Å². The molecule has 17 heavy (non-hydrogen) atoms. The summed E-state index contributed by atoms with van der Waals surface area (Å²) in [5.41, 5.74) is 6.12. The molecule has 3 nitrogen and oxygen atoms in total. The summed E-state index contributed by atoms with van der Waals surface area (Å²) in [5, 5.41) is 9.07. The second kappa shape index (κ2) is 4.78. The van der Waals surface area contributed by atoms with Gasteiger partial charge in [-0.2, -0.15) is 0 Å². The lowest BCUT2D eigenvalue weighted by molar-refractivity contribution is -0.144. The molecular formula is C13H16BrNO2. The van der Waals surface area contributed by atoms with Crippen molar-refractivity contribution in [1.29, 1.82) is 0 Å². The molecular weight excluding hydrogens is 282 g/mol. The molecule has 0 radical (unpaired) electrons. The third-order valence-corrected chi connectivity index (χ3v) is 4.12. The van der Waals surface area contributed by atoms with Gasteiger partial charge in [0, 0.05) is 4.47 Å². The highest BCUT2D eigenvalue weighted by atomic mass is 79.9. The third-order valence-electron chi connectivity index (χ3n) is 3.62. The minimum absolute atomic E-state index is 0.434. The highest BCUT2D eigenvalue weighted by molar-refractivity contribution is 9.10. The van der Waals surface area contributed by atoms with Crippen LogP contribution in [0.25, 0.3) is 0 Å². The SMILES string of the molecule is NC1(C(=O)O)CCC(c2cccc(Br)c2)CC1. The second-order valence-electron chi connectivity index (χ2n) is 4.79. The molecule has 0 unspecified atom stereocenters. The van der Waals surface area contributed by atoms with Crippen LogP contribution < -0.4 is 5.73 Å². The summed E-state index contributed by atoms with van der Waals surface area (Å²) in [6.45, 7) is 0. The molecule has 0 atom stereocenters. The van der Waals surface area contributed by atoms with Crippen molar-refractivity contribution in [2.24, 2.45) is 5.73 Å². The standard InChI is InChI=1S/C13H16BrNO2/c14-11-3-1-2-10(8-11)9-4-6-13(15,7-5-9)12(16)17/h1-3,8-9H,4-7,15H2,(H,16,17). The van der Waals surface area contributed by atoms with E-state index >= 15 is 0 Å². The molecule has 0 saturated heterocycles. The Morgan fingerprint density at radius 2 is 2.06 bits per heavy atom. The molecule has 3 N–H and O–H groups in total. The average molecular weight is 298 g/mol. The van der Waals surface area contributed by atoms with Crippen molar-refractivity contribution < 1.29 is 9.90 Å². The number of carboxylic acids is 1. The first-order valence-electron chi connectivity index (χ1n) is 5.79. The fraction of sp³-hybridized carbons (Fsp3) is 0.462. The number of hydrogen-bond donors (Lipinski definition) is 2. The maximum atomic E-state index is 11.0. The molecule has 0 bridgehead atoms. The van der Waals surface area contributed by atoms with Crippen molar-refractivity contribution in [2.75, 3.05) is 0 Å². The van der Waals surface area contributed by atoms with Gasteiger partial charge in [-0.05, 0) is 49.3 Å². The molecule has 0 amide bonds. The predicted molar refractivity (Wildman–Crippen MR) is 69.9 cm³/mol. The first kappa shape index (κ1) is 12.6. The van der Waals surface area contributed by atoms with Crippen LogP contribution >= 0.6 is 15.9 Å². The number of halogens is 1. The molecule has 0 spiro atoms. The fourth-order valence-corrected chi connectivity index (χ4v) is 2.86. The first-order chi connectivity index (χ1) is 8.01. The van der Waals surface area contributed by atoms with Crippen LogP contribution in [0.5, 0.6) is 0 Å². The van der Waals surface area contributed by atoms with Gasteiger partial charge in [-0.1, -0.05) is 28.1 Å². The number of benzene rings is 1. The van der Waals surface area contributed by atoms with Crippen LogP contribution in [0.1, 0.15) is 37.2 Å². The van der Waals surface area contributed by atoms with E-state index in [0.717, 1.165) is 17.3 Å². The maximum Gasteiger partial charge on any atom is 0.323 e. The zero-order valence-electron chi connectivity index (χ0n) is 9.53. The minimum atomic E-state index is -1.01. The van der Waals surface area contributed by atoms with Gasteiger partial charge in [0.05, 0.1) is 0 Å². The van der Waals surface area contributed by atoms with Crippen molar-refractivity contribution in [1.82, 2.24) is 0 Å². The fourth-order valence-electron chi connectivity index (χ4n) is 2.44. The van der Waals surface area contributed by atoms with E-state index in [9.17, 15) is 4.79 Å². The Bertz CT molecular complexity index is 425. The summed E-state index contributed by atoms with van der Waals surface area (Å²) in [4.78, 5) is 11.0. The van der Waals surface area contributed by atoms with Gasteiger partial charge in [-0.25, -0.2) is 0 Å². The van der Waals surface area contributed by atoms with E-state index in [1.54, 1.807) is 0 Å². The lowest BCUT2D eigenvalue weighted by Gasteiger charge is -2.33. The molecule has 0 aliphatic heterocycles. The Balaban J connectivity index is 2.07. The smallest absolute Gasteiger partial charge is 0.323 e. The van der Waals surface area contributed by atoms with Crippen molar-refractivity contribution in [3.05, 3.63) is 34.3 Å². The topological polar surface area (TPSA) is 63.3 Å². The Kier molecular flexibility index (Phi) is 3.54. The summed E-state index contributed by atoms with van der Waals surface area (Å²) < 4.78 is 1.07. The summed E-state index contributed by atoms with van der Waals surface area (Å²) in [6, 6.07) is 8.21. The zero-order valence-corrected chi connectivity index (χ0v) is 11.1. The van der Waals surface area contributed by atoms with E-state index in [2.05, 4.69) is 28.1 Å². The Hall–Kier alpha value is -0.870.